The topological polar surface area (TPSA) is 110 Å². The van der Waals surface area contributed by atoms with Crippen molar-refractivity contribution in [3.63, 3.8) is 0 Å². The molecule has 0 spiro atoms. The van der Waals surface area contributed by atoms with Crippen molar-refractivity contribution in [1.82, 2.24) is 19.5 Å². The Balaban J connectivity index is 1.75. The lowest BCUT2D eigenvalue weighted by Crippen LogP contribution is -2.42. The highest BCUT2D eigenvalue weighted by Gasteiger charge is 2.30. The molecule has 0 saturated carbocycles. The van der Waals surface area contributed by atoms with Gasteiger partial charge < -0.3 is 25.0 Å². The Hall–Kier alpha value is -3.60. The molecule has 10 nitrogen and oxygen atoms in total. The molecule has 0 unspecified atom stereocenters. The van der Waals surface area contributed by atoms with E-state index < -0.39 is 17.5 Å². The molecule has 194 valence electrons. The number of piperidine rings is 1. The SMILES string of the molecule is COc1cc(-c2c(F)c(N3CCC(N(C)C)CC3)n3ncnc(N)c23)ccc1NC(=O)OC(C)(C)C. The summed E-state index contributed by atoms with van der Waals surface area (Å²) in [6.07, 6.45) is 2.54. The van der Waals surface area contributed by atoms with Crippen molar-refractivity contribution in [2.24, 2.45) is 0 Å². The second kappa shape index (κ2) is 9.81. The fourth-order valence-electron chi connectivity index (χ4n) is 4.56. The molecule has 3 heterocycles. The predicted octanol–water partition coefficient (Wildman–Crippen LogP) is 4.00. The molecule has 1 aliphatic heterocycles. The zero-order valence-electron chi connectivity index (χ0n) is 21.6. The van der Waals surface area contributed by atoms with Gasteiger partial charge in [-0.1, -0.05) is 6.07 Å². The highest BCUT2D eigenvalue weighted by molar-refractivity contribution is 5.94. The third-order valence-electron chi connectivity index (χ3n) is 6.29. The van der Waals surface area contributed by atoms with Crippen LogP contribution < -0.4 is 20.7 Å². The van der Waals surface area contributed by atoms with Crippen LogP contribution in [0.5, 0.6) is 5.75 Å². The van der Waals surface area contributed by atoms with Gasteiger partial charge in [0.2, 0.25) is 0 Å². The minimum atomic E-state index is -0.652. The van der Waals surface area contributed by atoms with Crippen LogP contribution in [-0.2, 0) is 4.74 Å². The van der Waals surface area contributed by atoms with Gasteiger partial charge in [0.05, 0.1) is 18.4 Å². The number of amides is 1. The van der Waals surface area contributed by atoms with Crippen LogP contribution in [0.15, 0.2) is 24.5 Å². The van der Waals surface area contributed by atoms with Gasteiger partial charge in [-0.3, -0.25) is 5.32 Å². The minimum Gasteiger partial charge on any atom is -0.495 e. The quantitative estimate of drug-likeness (QED) is 0.542. The van der Waals surface area contributed by atoms with Gasteiger partial charge in [0.15, 0.2) is 17.5 Å². The van der Waals surface area contributed by atoms with E-state index in [-0.39, 0.29) is 11.4 Å². The number of methoxy groups -OCH3 is 1. The number of anilines is 3. The van der Waals surface area contributed by atoms with Gasteiger partial charge in [-0.05, 0) is 65.4 Å². The molecular weight excluding hydrogens is 465 g/mol. The Morgan fingerprint density at radius 3 is 2.56 bits per heavy atom. The van der Waals surface area contributed by atoms with E-state index in [0.29, 0.717) is 47.5 Å². The van der Waals surface area contributed by atoms with Gasteiger partial charge in [-0.2, -0.15) is 5.10 Å². The van der Waals surface area contributed by atoms with Crippen LogP contribution in [0.1, 0.15) is 33.6 Å². The zero-order valence-corrected chi connectivity index (χ0v) is 21.6. The first kappa shape index (κ1) is 25.5. The van der Waals surface area contributed by atoms with Crippen LogP contribution in [0.3, 0.4) is 0 Å². The molecule has 1 amide bonds. The average Bonchev–Trinajstić information content (AvgIpc) is 3.11. The number of nitrogens with one attached hydrogen (secondary N) is 1. The van der Waals surface area contributed by atoms with Crippen LogP contribution >= 0.6 is 0 Å². The van der Waals surface area contributed by atoms with Crippen LogP contribution in [0, 0.1) is 5.82 Å². The molecule has 2 aromatic heterocycles. The molecule has 0 bridgehead atoms. The Morgan fingerprint density at radius 1 is 1.25 bits per heavy atom. The number of rotatable bonds is 5. The average molecular weight is 500 g/mol. The van der Waals surface area contributed by atoms with Gasteiger partial charge in [0.25, 0.3) is 0 Å². The Morgan fingerprint density at radius 2 is 1.94 bits per heavy atom. The molecule has 1 saturated heterocycles. The maximum atomic E-state index is 16.2. The number of carbonyl (C=O) groups excluding carboxylic acids is 1. The van der Waals surface area contributed by atoms with E-state index in [4.69, 9.17) is 15.2 Å². The van der Waals surface area contributed by atoms with Crippen LogP contribution in [0.25, 0.3) is 16.6 Å². The lowest BCUT2D eigenvalue weighted by Gasteiger charge is -2.35. The Kier molecular flexibility index (Phi) is 6.94. The lowest BCUT2D eigenvalue weighted by atomic mass is 10.0. The molecule has 11 heteroatoms. The molecule has 1 fully saturated rings. The van der Waals surface area contributed by atoms with E-state index in [1.165, 1.54) is 18.0 Å². The number of aromatic nitrogens is 3. The first-order valence-electron chi connectivity index (χ1n) is 11.9. The van der Waals surface area contributed by atoms with Crippen molar-refractivity contribution >= 4 is 28.9 Å². The summed E-state index contributed by atoms with van der Waals surface area (Å²) in [5.74, 6) is 0.450. The maximum absolute atomic E-state index is 16.2. The second-order valence-electron chi connectivity index (χ2n) is 10.1. The van der Waals surface area contributed by atoms with Gasteiger partial charge in [0, 0.05) is 19.1 Å². The van der Waals surface area contributed by atoms with Gasteiger partial charge in [-0.25, -0.2) is 18.7 Å². The van der Waals surface area contributed by atoms with E-state index in [9.17, 15) is 4.79 Å². The van der Waals surface area contributed by atoms with Crippen molar-refractivity contribution in [3.8, 4) is 16.9 Å². The zero-order chi connectivity index (χ0) is 26.2. The summed E-state index contributed by atoms with van der Waals surface area (Å²) in [5.41, 5.74) is 7.15. The molecule has 0 aliphatic carbocycles. The smallest absolute Gasteiger partial charge is 0.412 e. The van der Waals surface area contributed by atoms with E-state index in [0.717, 1.165) is 12.8 Å². The summed E-state index contributed by atoms with van der Waals surface area (Å²) in [4.78, 5) is 20.6. The highest BCUT2D eigenvalue weighted by Crippen LogP contribution is 2.41. The first-order valence-corrected chi connectivity index (χ1v) is 11.9. The maximum Gasteiger partial charge on any atom is 0.412 e. The molecular formula is C25H34FN7O3. The molecule has 0 radical (unpaired) electrons. The van der Waals surface area contributed by atoms with E-state index in [2.05, 4.69) is 34.4 Å². The number of fused-ring (bicyclic) bond motifs is 1. The molecule has 1 aromatic carbocycles. The second-order valence-corrected chi connectivity index (χ2v) is 10.1. The van der Waals surface area contributed by atoms with Crippen molar-refractivity contribution in [2.45, 2.75) is 45.3 Å². The number of carbonyl (C=O) groups is 1. The van der Waals surface area contributed by atoms with Crippen LogP contribution in [0.2, 0.25) is 0 Å². The van der Waals surface area contributed by atoms with Crippen molar-refractivity contribution in [3.05, 3.63) is 30.3 Å². The summed E-state index contributed by atoms with van der Waals surface area (Å²) < 4.78 is 28.6. The molecule has 36 heavy (non-hydrogen) atoms. The third-order valence-corrected chi connectivity index (χ3v) is 6.29. The Bertz CT molecular complexity index is 1260. The van der Waals surface area contributed by atoms with E-state index in [1.54, 1.807) is 39.0 Å². The molecule has 3 N–H and O–H groups in total. The van der Waals surface area contributed by atoms with Gasteiger partial charge >= 0.3 is 6.09 Å². The fourth-order valence-corrected chi connectivity index (χ4v) is 4.56. The standard InChI is InChI=1S/C25H34FN7O3/c1-25(2,3)36-24(34)30-17-8-7-15(13-18(17)35-6)19-20(26)23(33-21(19)22(27)28-14-29-33)32-11-9-16(10-12-32)31(4)5/h7-8,13-14,16H,9-12H2,1-6H3,(H,30,34)(H2,27,28,29). The van der Waals surface area contributed by atoms with Crippen molar-refractivity contribution in [2.75, 3.05) is 50.2 Å². The normalized spacial score (nSPS) is 14.9. The number of nitrogens with zero attached hydrogens (tertiary/aromatic N) is 5. The number of halogens is 1. The van der Waals surface area contributed by atoms with E-state index in [1.807, 2.05) is 4.90 Å². The van der Waals surface area contributed by atoms with E-state index >= 15 is 4.39 Å². The number of ether oxygens (including phenoxy) is 2. The van der Waals surface area contributed by atoms with Crippen LogP contribution in [0.4, 0.5) is 26.5 Å². The summed E-state index contributed by atoms with van der Waals surface area (Å²) in [7, 11) is 5.61. The van der Waals surface area contributed by atoms with Crippen LogP contribution in [-0.4, -0.2) is 71.5 Å². The van der Waals surface area contributed by atoms with Gasteiger partial charge in [-0.15, -0.1) is 0 Å². The number of nitrogen functional groups attached to an aromatic ring is 1. The molecule has 3 aromatic rings. The molecule has 1 aliphatic rings. The van der Waals surface area contributed by atoms with Crippen molar-refractivity contribution in [1.29, 1.82) is 0 Å². The summed E-state index contributed by atoms with van der Waals surface area (Å²) in [5, 5.41) is 7.02. The molecule has 0 atom stereocenters. The van der Waals surface area contributed by atoms with Crippen molar-refractivity contribution < 1.29 is 18.7 Å². The number of hydrogen-bond acceptors (Lipinski definition) is 8. The number of hydrogen-bond donors (Lipinski definition) is 2. The monoisotopic (exact) mass is 499 g/mol. The summed E-state index contributed by atoms with van der Waals surface area (Å²) in [6, 6.07) is 5.44. The summed E-state index contributed by atoms with van der Waals surface area (Å²) in [6.45, 7) is 6.72. The Labute approximate surface area is 210 Å². The first-order chi connectivity index (χ1) is 17.0. The lowest BCUT2D eigenvalue weighted by molar-refractivity contribution is 0.0635. The third kappa shape index (κ3) is 5.01. The predicted molar refractivity (Wildman–Crippen MR) is 138 cm³/mol. The highest BCUT2D eigenvalue weighted by atomic mass is 19.1. The summed E-state index contributed by atoms with van der Waals surface area (Å²) >= 11 is 0. The molecule has 4 rings (SSSR count). The number of nitrogens with two attached hydrogens (primary N) is 1. The van der Waals surface area contributed by atoms with Gasteiger partial charge in [0.1, 0.15) is 23.2 Å². The minimum absolute atomic E-state index is 0.170. The number of benzene rings is 1. The largest absolute Gasteiger partial charge is 0.495 e. The fraction of sp³-hybridized carbons (Fsp3) is 0.480.